The van der Waals surface area contributed by atoms with Gasteiger partial charge in [0.1, 0.15) is 0 Å². The highest BCUT2D eigenvalue weighted by atomic mass is 15.2. The fraction of sp³-hybridized carbons (Fsp3) is 0.538. The average molecular weight is 204 g/mol. The Bertz CT molecular complexity index is 305. The van der Waals surface area contributed by atoms with E-state index in [2.05, 4.69) is 48.5 Å². The second kappa shape index (κ2) is 4.77. The Balaban J connectivity index is 1.80. The summed E-state index contributed by atoms with van der Waals surface area (Å²) in [5.41, 5.74) is 2.72. The molecule has 15 heavy (non-hydrogen) atoms. The molecule has 1 aromatic rings. The van der Waals surface area contributed by atoms with Gasteiger partial charge in [0.25, 0.3) is 0 Å². The zero-order chi connectivity index (χ0) is 10.7. The highest BCUT2D eigenvalue weighted by Crippen LogP contribution is 2.08. The van der Waals surface area contributed by atoms with E-state index in [-0.39, 0.29) is 0 Å². The molecule has 0 bridgehead atoms. The number of benzene rings is 1. The standard InChI is InChI=1S/C13H20N2/c1-11-3-5-12(6-4-11)9-14-13-7-8-15(2)10-13/h3-6,13-14H,7-10H2,1-2H3/t13-/m1/s1. The second-order valence-electron chi connectivity index (χ2n) is 4.61. The fourth-order valence-corrected chi connectivity index (χ4v) is 2.07. The van der Waals surface area contributed by atoms with Crippen molar-refractivity contribution in [2.75, 3.05) is 20.1 Å². The first-order valence-corrected chi connectivity index (χ1v) is 5.71. The minimum absolute atomic E-state index is 0.677. The molecule has 1 aromatic carbocycles. The monoisotopic (exact) mass is 204 g/mol. The van der Waals surface area contributed by atoms with Crippen molar-refractivity contribution in [1.29, 1.82) is 0 Å². The molecule has 82 valence electrons. The molecule has 0 saturated carbocycles. The minimum atomic E-state index is 0.677. The molecule has 2 rings (SSSR count). The smallest absolute Gasteiger partial charge is 0.0210 e. The van der Waals surface area contributed by atoms with Crippen LogP contribution in [0.25, 0.3) is 0 Å². The Labute approximate surface area is 92.3 Å². The molecule has 0 aromatic heterocycles. The molecular formula is C13H20N2. The summed E-state index contributed by atoms with van der Waals surface area (Å²) in [5, 5.41) is 3.61. The first kappa shape index (κ1) is 10.7. The molecule has 0 spiro atoms. The van der Waals surface area contributed by atoms with Crippen molar-refractivity contribution in [1.82, 2.24) is 10.2 Å². The van der Waals surface area contributed by atoms with Gasteiger partial charge in [-0.05, 0) is 32.5 Å². The summed E-state index contributed by atoms with van der Waals surface area (Å²) in [6.45, 7) is 5.54. The van der Waals surface area contributed by atoms with Gasteiger partial charge in [-0.25, -0.2) is 0 Å². The molecule has 1 atom stereocenters. The lowest BCUT2D eigenvalue weighted by molar-refractivity contribution is 0.397. The van der Waals surface area contributed by atoms with Crippen LogP contribution < -0.4 is 5.32 Å². The van der Waals surface area contributed by atoms with Crippen LogP contribution in [0.1, 0.15) is 17.5 Å². The summed E-state index contributed by atoms with van der Waals surface area (Å²) in [5.74, 6) is 0. The molecule has 1 saturated heterocycles. The summed E-state index contributed by atoms with van der Waals surface area (Å²) >= 11 is 0. The summed E-state index contributed by atoms with van der Waals surface area (Å²) in [4.78, 5) is 2.38. The summed E-state index contributed by atoms with van der Waals surface area (Å²) in [7, 11) is 2.19. The summed E-state index contributed by atoms with van der Waals surface area (Å²) < 4.78 is 0. The maximum absolute atomic E-state index is 3.61. The van der Waals surface area contributed by atoms with Gasteiger partial charge in [-0.2, -0.15) is 0 Å². The van der Waals surface area contributed by atoms with E-state index in [1.54, 1.807) is 0 Å². The third-order valence-corrected chi connectivity index (χ3v) is 3.11. The van der Waals surface area contributed by atoms with Crippen LogP contribution in [0.5, 0.6) is 0 Å². The lowest BCUT2D eigenvalue weighted by Gasteiger charge is -2.12. The first-order valence-electron chi connectivity index (χ1n) is 5.71. The van der Waals surface area contributed by atoms with Crippen molar-refractivity contribution in [3.8, 4) is 0 Å². The third-order valence-electron chi connectivity index (χ3n) is 3.11. The molecule has 1 aliphatic heterocycles. The van der Waals surface area contributed by atoms with Gasteiger partial charge in [-0.3, -0.25) is 0 Å². The van der Waals surface area contributed by atoms with Crippen LogP contribution in [0.15, 0.2) is 24.3 Å². The lowest BCUT2D eigenvalue weighted by atomic mass is 10.1. The van der Waals surface area contributed by atoms with Gasteiger partial charge in [0.15, 0.2) is 0 Å². The first-order chi connectivity index (χ1) is 7.24. The predicted molar refractivity (Wildman–Crippen MR) is 63.9 cm³/mol. The van der Waals surface area contributed by atoms with E-state index in [0.717, 1.165) is 6.54 Å². The lowest BCUT2D eigenvalue weighted by Crippen LogP contribution is -2.30. The molecule has 1 heterocycles. The number of nitrogens with one attached hydrogen (secondary N) is 1. The van der Waals surface area contributed by atoms with Crippen molar-refractivity contribution in [2.45, 2.75) is 25.9 Å². The van der Waals surface area contributed by atoms with E-state index < -0.39 is 0 Å². The van der Waals surface area contributed by atoms with E-state index in [9.17, 15) is 0 Å². The highest BCUT2D eigenvalue weighted by molar-refractivity contribution is 5.21. The van der Waals surface area contributed by atoms with Crippen LogP contribution >= 0.6 is 0 Å². The van der Waals surface area contributed by atoms with Gasteiger partial charge < -0.3 is 10.2 Å². The van der Waals surface area contributed by atoms with E-state index in [1.807, 2.05) is 0 Å². The molecule has 1 aliphatic rings. The van der Waals surface area contributed by atoms with Gasteiger partial charge in [0, 0.05) is 19.1 Å². The van der Waals surface area contributed by atoms with Crippen molar-refractivity contribution in [2.24, 2.45) is 0 Å². The minimum Gasteiger partial charge on any atom is -0.309 e. The van der Waals surface area contributed by atoms with E-state index >= 15 is 0 Å². The van der Waals surface area contributed by atoms with Gasteiger partial charge in [0.05, 0.1) is 0 Å². The molecule has 1 N–H and O–H groups in total. The SMILES string of the molecule is Cc1ccc(CN[C@@H]2CCN(C)C2)cc1. The predicted octanol–water partition coefficient (Wildman–Crippen LogP) is 1.79. The van der Waals surface area contributed by atoms with Crippen molar-refractivity contribution >= 4 is 0 Å². The zero-order valence-corrected chi connectivity index (χ0v) is 9.66. The Morgan fingerprint density at radius 3 is 2.67 bits per heavy atom. The van der Waals surface area contributed by atoms with Crippen molar-refractivity contribution < 1.29 is 0 Å². The van der Waals surface area contributed by atoms with Crippen LogP contribution in [0.3, 0.4) is 0 Å². The number of hydrogen-bond donors (Lipinski definition) is 1. The van der Waals surface area contributed by atoms with Crippen molar-refractivity contribution in [3.05, 3.63) is 35.4 Å². The molecule has 0 radical (unpaired) electrons. The highest BCUT2D eigenvalue weighted by Gasteiger charge is 2.18. The zero-order valence-electron chi connectivity index (χ0n) is 9.66. The van der Waals surface area contributed by atoms with Crippen LogP contribution in [-0.2, 0) is 6.54 Å². The Morgan fingerprint density at radius 2 is 2.07 bits per heavy atom. The summed E-state index contributed by atoms with van der Waals surface area (Å²) in [6, 6.07) is 9.45. The number of nitrogens with zero attached hydrogens (tertiary/aromatic N) is 1. The molecule has 2 heteroatoms. The third kappa shape index (κ3) is 3.05. The molecule has 0 amide bonds. The maximum atomic E-state index is 3.61. The normalized spacial score (nSPS) is 22.1. The number of hydrogen-bond acceptors (Lipinski definition) is 2. The average Bonchev–Trinajstić information content (AvgIpc) is 2.64. The van der Waals surface area contributed by atoms with E-state index in [1.165, 1.54) is 30.6 Å². The Hall–Kier alpha value is -0.860. The Morgan fingerprint density at radius 1 is 1.33 bits per heavy atom. The molecule has 0 aliphatic carbocycles. The number of aryl methyl sites for hydroxylation is 1. The molecule has 2 nitrogen and oxygen atoms in total. The second-order valence-corrected chi connectivity index (χ2v) is 4.61. The topological polar surface area (TPSA) is 15.3 Å². The van der Waals surface area contributed by atoms with Crippen LogP contribution in [0, 0.1) is 6.92 Å². The van der Waals surface area contributed by atoms with Gasteiger partial charge in [-0.1, -0.05) is 29.8 Å². The number of likely N-dealkylation sites (N-methyl/N-ethyl adjacent to an activating group) is 1. The fourth-order valence-electron chi connectivity index (χ4n) is 2.07. The molecule has 0 unspecified atom stereocenters. The molecule has 1 fully saturated rings. The van der Waals surface area contributed by atoms with Crippen LogP contribution in [0.4, 0.5) is 0 Å². The number of likely N-dealkylation sites (tertiary alicyclic amines) is 1. The van der Waals surface area contributed by atoms with Crippen LogP contribution in [-0.4, -0.2) is 31.1 Å². The summed E-state index contributed by atoms with van der Waals surface area (Å²) in [6.07, 6.45) is 1.28. The maximum Gasteiger partial charge on any atom is 0.0210 e. The Kier molecular flexibility index (Phi) is 3.39. The van der Waals surface area contributed by atoms with E-state index in [0.29, 0.717) is 6.04 Å². The van der Waals surface area contributed by atoms with Gasteiger partial charge in [0.2, 0.25) is 0 Å². The number of rotatable bonds is 3. The van der Waals surface area contributed by atoms with Crippen molar-refractivity contribution in [3.63, 3.8) is 0 Å². The quantitative estimate of drug-likeness (QED) is 0.807. The molecular weight excluding hydrogens is 184 g/mol. The largest absolute Gasteiger partial charge is 0.309 e. The van der Waals surface area contributed by atoms with E-state index in [4.69, 9.17) is 0 Å². The van der Waals surface area contributed by atoms with Gasteiger partial charge >= 0.3 is 0 Å². The van der Waals surface area contributed by atoms with Crippen LogP contribution in [0.2, 0.25) is 0 Å². The van der Waals surface area contributed by atoms with Gasteiger partial charge in [-0.15, -0.1) is 0 Å².